The molecular weight excluding hydrogens is 335 g/mol. The normalized spacial score (nSPS) is 11.9. The van der Waals surface area contributed by atoms with Gasteiger partial charge in [0, 0.05) is 0 Å². The zero-order chi connectivity index (χ0) is 8.32. The topological polar surface area (TPSA) is 12.9 Å². The number of halogens is 3. The summed E-state index contributed by atoms with van der Waals surface area (Å²) in [5, 5.41) is 0. The zero-order valence-corrected chi connectivity index (χ0v) is 7.62. The Morgan fingerprint density at radius 2 is 2.00 bits per heavy atom. The summed E-state index contributed by atoms with van der Waals surface area (Å²) in [6, 6.07) is 4.58. The number of hydrogen-bond acceptors (Lipinski definition) is 1. The first-order chi connectivity index (χ1) is 5.08. The Morgan fingerprint density at radius 3 is 2.45 bits per heavy atom. The summed E-state index contributed by atoms with van der Waals surface area (Å²) in [5.41, 5.74) is 0. The van der Waals surface area contributed by atoms with Crippen molar-refractivity contribution in [3.05, 3.63) is 24.4 Å². The Bertz CT molecular complexity index is 221. The van der Waals surface area contributed by atoms with Gasteiger partial charge in [-0.05, 0) is 0 Å². The number of hydrogen-bond donors (Lipinski definition) is 0. The van der Waals surface area contributed by atoms with Crippen LogP contribution in [0.25, 0.3) is 0 Å². The van der Waals surface area contributed by atoms with E-state index in [1.165, 1.54) is 12.3 Å². The van der Waals surface area contributed by atoms with Gasteiger partial charge in [-0.2, -0.15) is 0 Å². The summed E-state index contributed by atoms with van der Waals surface area (Å²) < 4.78 is 31.4. The molecule has 1 heterocycles. The molecule has 0 aliphatic rings. The van der Waals surface area contributed by atoms with Gasteiger partial charge >= 0.3 is 69.1 Å². The van der Waals surface area contributed by atoms with Gasteiger partial charge in [-0.15, -0.1) is 0 Å². The van der Waals surface area contributed by atoms with E-state index in [-0.39, 0.29) is 4.21 Å². The number of rotatable bonds is 1. The van der Waals surface area contributed by atoms with Crippen molar-refractivity contribution < 1.29 is 30.9 Å². The molecule has 0 fully saturated rings. The maximum atomic E-state index is 11.8. The van der Waals surface area contributed by atoms with Crippen molar-refractivity contribution in [1.29, 1.82) is 0 Å². The maximum absolute atomic E-state index is 11.8. The molecule has 1 aromatic heterocycles. The number of aromatic nitrogens is 1. The predicted molar refractivity (Wildman–Crippen MR) is 29.9 cm³/mol. The van der Waals surface area contributed by atoms with Crippen molar-refractivity contribution in [1.82, 2.24) is 4.98 Å². The molecule has 0 saturated heterocycles. The van der Waals surface area contributed by atoms with Gasteiger partial charge in [0.2, 0.25) is 0 Å². The second-order valence-corrected chi connectivity index (χ2v) is 4.80. The van der Waals surface area contributed by atoms with Crippen molar-refractivity contribution in [2.45, 2.75) is 4.69 Å². The number of pyridine rings is 1. The Hall–Kier alpha value is -0.411. The number of alkyl halides is 3. The molecule has 63 valence electrons. The first-order valence-electron chi connectivity index (χ1n) is 2.67. The van der Waals surface area contributed by atoms with Crippen molar-refractivity contribution in [2.75, 3.05) is 0 Å². The molecule has 1 nitrogen and oxygen atoms in total. The molecular formula is C6H4F3IrN. The Balaban J connectivity index is 2.66. The zero-order valence-electron chi connectivity index (χ0n) is 5.22. The van der Waals surface area contributed by atoms with Gasteiger partial charge in [0.15, 0.2) is 0 Å². The van der Waals surface area contributed by atoms with Crippen LogP contribution < -0.4 is 4.21 Å². The minimum atomic E-state index is -4.03. The van der Waals surface area contributed by atoms with Crippen LogP contribution in [0.4, 0.5) is 13.2 Å². The summed E-state index contributed by atoms with van der Waals surface area (Å²) >= 11 is -2.06. The van der Waals surface area contributed by atoms with Gasteiger partial charge < -0.3 is 0 Å². The van der Waals surface area contributed by atoms with Crippen molar-refractivity contribution in [2.24, 2.45) is 0 Å². The Kier molecular flexibility index (Phi) is 2.62. The molecule has 0 aromatic carbocycles. The fraction of sp³-hybridized carbons (Fsp3) is 0.167. The summed E-state index contributed by atoms with van der Waals surface area (Å²) in [7, 11) is 0. The minimum absolute atomic E-state index is 0.181. The predicted octanol–water partition coefficient (Wildman–Crippen LogP) is 1.31. The first kappa shape index (κ1) is 8.68. The summed E-state index contributed by atoms with van der Waals surface area (Å²) in [5.74, 6) is 0. The van der Waals surface area contributed by atoms with Crippen LogP contribution in [0.1, 0.15) is 0 Å². The van der Waals surface area contributed by atoms with Crippen molar-refractivity contribution in [3.8, 4) is 0 Å². The molecule has 0 atom stereocenters. The summed E-state index contributed by atoms with van der Waals surface area (Å²) in [6.45, 7) is 0. The monoisotopic (exact) mass is 340 g/mol. The molecule has 0 aliphatic heterocycles. The van der Waals surface area contributed by atoms with E-state index in [1.807, 2.05) is 0 Å². The molecule has 5 heteroatoms. The van der Waals surface area contributed by atoms with E-state index in [0.29, 0.717) is 0 Å². The van der Waals surface area contributed by atoms with E-state index in [1.54, 1.807) is 12.1 Å². The van der Waals surface area contributed by atoms with Gasteiger partial charge in [0.25, 0.3) is 0 Å². The average Bonchev–Trinajstić information content (AvgIpc) is 1.85. The van der Waals surface area contributed by atoms with Crippen LogP contribution in [0.15, 0.2) is 24.4 Å². The van der Waals surface area contributed by atoms with E-state index in [4.69, 9.17) is 0 Å². The van der Waals surface area contributed by atoms with Crippen LogP contribution >= 0.6 is 0 Å². The van der Waals surface area contributed by atoms with Gasteiger partial charge in [0.05, 0.1) is 0 Å². The van der Waals surface area contributed by atoms with E-state index < -0.39 is 22.4 Å². The molecule has 1 aromatic rings. The Morgan fingerprint density at radius 1 is 1.27 bits per heavy atom. The van der Waals surface area contributed by atoms with Crippen LogP contribution in [-0.4, -0.2) is 9.67 Å². The van der Waals surface area contributed by atoms with Crippen molar-refractivity contribution >= 4 is 4.21 Å². The molecule has 0 spiro atoms. The molecule has 11 heavy (non-hydrogen) atoms. The van der Waals surface area contributed by atoms with Gasteiger partial charge in [0.1, 0.15) is 0 Å². The molecule has 1 rings (SSSR count). The molecule has 0 N–H and O–H groups in total. The fourth-order valence-electron chi connectivity index (χ4n) is 0.480. The molecule has 0 saturated carbocycles. The number of nitrogens with zero attached hydrogens (tertiary/aromatic N) is 1. The molecule has 0 radical (unpaired) electrons. The third kappa shape index (κ3) is 3.48. The molecule has 0 unspecified atom stereocenters. The van der Waals surface area contributed by atoms with E-state index >= 15 is 0 Å². The van der Waals surface area contributed by atoms with E-state index in [2.05, 4.69) is 4.98 Å². The van der Waals surface area contributed by atoms with E-state index in [0.717, 1.165) is 0 Å². The van der Waals surface area contributed by atoms with Crippen LogP contribution in [0.2, 0.25) is 0 Å². The van der Waals surface area contributed by atoms with Crippen LogP contribution in [-0.2, 0) is 17.7 Å². The average molecular weight is 339 g/mol. The second kappa shape index (κ2) is 3.32. The van der Waals surface area contributed by atoms with Crippen LogP contribution in [0, 0.1) is 0 Å². The standard InChI is InChI=1S/C5H4N.CF3.Ir/c1-2-4-6-5-3-1;2-1(3)4;/h1-4H;;. The third-order valence-corrected chi connectivity index (χ3v) is 2.80. The van der Waals surface area contributed by atoms with Crippen LogP contribution in [0.3, 0.4) is 0 Å². The molecule has 0 bridgehead atoms. The van der Waals surface area contributed by atoms with Gasteiger partial charge in [-0.25, -0.2) is 0 Å². The van der Waals surface area contributed by atoms with Gasteiger partial charge in [-0.1, -0.05) is 0 Å². The van der Waals surface area contributed by atoms with Gasteiger partial charge in [-0.3, -0.25) is 0 Å². The second-order valence-electron chi connectivity index (χ2n) is 1.62. The van der Waals surface area contributed by atoms with Crippen LogP contribution in [0.5, 0.6) is 0 Å². The molecule has 0 amide bonds. The first-order valence-corrected chi connectivity index (χ1v) is 5.07. The molecule has 0 aliphatic carbocycles. The Labute approximate surface area is 69.6 Å². The summed E-state index contributed by atoms with van der Waals surface area (Å²) in [6.07, 6.45) is 1.38. The van der Waals surface area contributed by atoms with E-state index in [9.17, 15) is 13.2 Å². The third-order valence-electron chi connectivity index (χ3n) is 0.795. The SMILES string of the molecule is F[C](F)(F)[Ir][c]1ccccn1. The quantitative estimate of drug-likeness (QED) is 0.752. The van der Waals surface area contributed by atoms with Crippen molar-refractivity contribution in [3.63, 3.8) is 0 Å². The summed E-state index contributed by atoms with van der Waals surface area (Å²) in [4.78, 5) is 3.60. The fourth-order valence-corrected chi connectivity index (χ4v) is 1.94.